The van der Waals surface area contributed by atoms with Crippen LogP contribution >= 0.6 is 0 Å². The highest BCUT2D eigenvalue weighted by Crippen LogP contribution is 2.33. The normalized spacial score (nSPS) is 14.1. The van der Waals surface area contributed by atoms with Crippen molar-refractivity contribution in [3.05, 3.63) is 77.7 Å². The minimum atomic E-state index is -2.94. The molecule has 0 aliphatic heterocycles. The average Bonchev–Trinajstić information content (AvgIpc) is 2.46. The molecular weight excluding hydrogens is 284 g/mol. The van der Waals surface area contributed by atoms with Crippen LogP contribution in [0.15, 0.2) is 48.5 Å². The smallest absolute Gasteiger partial charge is 0.257 e. The third-order valence-corrected chi connectivity index (χ3v) is 3.88. The van der Waals surface area contributed by atoms with Gasteiger partial charge in [0.15, 0.2) is 0 Å². The Balaban J connectivity index is 2.34. The summed E-state index contributed by atoms with van der Waals surface area (Å²) in [7, 11) is -2.94. The summed E-state index contributed by atoms with van der Waals surface area (Å²) in [6.45, 7) is 8.08. The quantitative estimate of drug-likeness (QED) is 0.860. The van der Waals surface area contributed by atoms with Gasteiger partial charge in [0.05, 0.1) is 0 Å². The van der Waals surface area contributed by atoms with Gasteiger partial charge in [-0.3, -0.25) is 4.18 Å². The molecule has 2 aromatic carbocycles. The Morgan fingerprint density at radius 2 is 1.29 bits per heavy atom. The summed E-state index contributed by atoms with van der Waals surface area (Å²) >= 11 is 0. The number of rotatable bonds is 5. The molecule has 0 bridgehead atoms. The van der Waals surface area contributed by atoms with Crippen molar-refractivity contribution in [2.24, 2.45) is 0 Å². The second kappa shape index (κ2) is 6.87. The van der Waals surface area contributed by atoms with Crippen LogP contribution in [0.4, 0.5) is 0 Å². The summed E-state index contributed by atoms with van der Waals surface area (Å²) < 4.78 is 27.2. The number of aryl methyl sites for hydroxylation is 2. The van der Waals surface area contributed by atoms with Crippen LogP contribution in [0, 0.1) is 20.8 Å². The van der Waals surface area contributed by atoms with E-state index in [0.29, 0.717) is 0 Å². The molecular formula is C17H19O3S. The summed E-state index contributed by atoms with van der Waals surface area (Å²) in [6.07, 6.45) is -0.616. The van der Waals surface area contributed by atoms with E-state index in [2.05, 4.69) is 6.92 Å². The van der Waals surface area contributed by atoms with Gasteiger partial charge >= 0.3 is 0 Å². The van der Waals surface area contributed by atoms with Crippen molar-refractivity contribution in [2.75, 3.05) is 0 Å². The topological polar surface area (TPSA) is 43.4 Å². The number of benzene rings is 2. The van der Waals surface area contributed by atoms with Crippen LogP contribution in [-0.4, -0.2) is 8.42 Å². The largest absolute Gasteiger partial charge is 0.263 e. The summed E-state index contributed by atoms with van der Waals surface area (Å²) in [5, 5.41) is 0. The summed E-state index contributed by atoms with van der Waals surface area (Å²) in [4.78, 5) is 0. The molecule has 111 valence electrons. The van der Waals surface area contributed by atoms with E-state index < -0.39 is 17.1 Å². The van der Waals surface area contributed by atoms with E-state index >= 15 is 0 Å². The molecule has 4 heteroatoms. The van der Waals surface area contributed by atoms with E-state index in [1.165, 1.54) is 0 Å². The van der Waals surface area contributed by atoms with Gasteiger partial charge < -0.3 is 0 Å². The van der Waals surface area contributed by atoms with Crippen molar-refractivity contribution >= 4 is 11.0 Å². The Hall–Kier alpha value is -1.65. The monoisotopic (exact) mass is 303 g/mol. The van der Waals surface area contributed by atoms with E-state index in [0.717, 1.165) is 22.3 Å². The zero-order valence-electron chi connectivity index (χ0n) is 12.2. The first-order chi connectivity index (χ1) is 9.97. The maximum Gasteiger partial charge on any atom is 0.257 e. The molecule has 0 spiro atoms. The molecule has 1 radical (unpaired) electrons. The molecule has 0 N–H and O–H groups in total. The van der Waals surface area contributed by atoms with Crippen LogP contribution < -0.4 is 0 Å². The van der Waals surface area contributed by atoms with E-state index in [1.807, 2.05) is 62.4 Å². The van der Waals surface area contributed by atoms with Crippen molar-refractivity contribution < 1.29 is 12.6 Å². The van der Waals surface area contributed by atoms with Crippen LogP contribution in [0.25, 0.3) is 0 Å². The molecule has 2 rings (SSSR count). The van der Waals surface area contributed by atoms with Crippen LogP contribution in [0.3, 0.4) is 0 Å². The predicted molar refractivity (Wildman–Crippen MR) is 84.6 cm³/mol. The zero-order valence-corrected chi connectivity index (χ0v) is 13.0. The highest BCUT2D eigenvalue weighted by molar-refractivity contribution is 7.67. The number of hydrogen-bond donors (Lipinski definition) is 1. The number of hydrogen-bond acceptors (Lipinski definition) is 3. The lowest BCUT2D eigenvalue weighted by atomic mass is 9.90. The molecule has 21 heavy (non-hydrogen) atoms. The predicted octanol–water partition coefficient (Wildman–Crippen LogP) is 3.51. The summed E-state index contributed by atoms with van der Waals surface area (Å²) in [6, 6.07) is 15.5. The highest BCUT2D eigenvalue weighted by atomic mass is 32.2. The van der Waals surface area contributed by atoms with Crippen LogP contribution in [0.2, 0.25) is 0 Å². The lowest BCUT2D eigenvalue weighted by molar-refractivity contribution is 0.205. The van der Waals surface area contributed by atoms with Crippen molar-refractivity contribution in [3.63, 3.8) is 0 Å². The van der Waals surface area contributed by atoms with Crippen molar-refractivity contribution in [2.45, 2.75) is 25.9 Å². The SMILES string of the molecule is [CH2]C(c1ccc(C)cc1)C(O[SH](=O)=O)c1ccc(C)cc1. The molecule has 0 saturated heterocycles. The van der Waals surface area contributed by atoms with Gasteiger partial charge in [0.1, 0.15) is 6.10 Å². The molecule has 2 unspecified atom stereocenters. The van der Waals surface area contributed by atoms with Crippen molar-refractivity contribution in [1.29, 1.82) is 0 Å². The van der Waals surface area contributed by atoms with Gasteiger partial charge in [0.25, 0.3) is 11.0 Å². The summed E-state index contributed by atoms with van der Waals surface area (Å²) in [5.41, 5.74) is 4.01. The molecule has 0 aliphatic carbocycles. The lowest BCUT2D eigenvalue weighted by Crippen LogP contribution is -2.12. The first-order valence-corrected chi connectivity index (χ1v) is 7.84. The average molecular weight is 303 g/mol. The molecule has 3 nitrogen and oxygen atoms in total. The van der Waals surface area contributed by atoms with E-state index in [1.54, 1.807) is 0 Å². The van der Waals surface area contributed by atoms with Crippen molar-refractivity contribution in [3.8, 4) is 0 Å². The van der Waals surface area contributed by atoms with Crippen LogP contribution in [0.5, 0.6) is 0 Å². The molecule has 0 heterocycles. The zero-order chi connectivity index (χ0) is 15.4. The van der Waals surface area contributed by atoms with Gasteiger partial charge in [-0.2, -0.15) is 0 Å². The van der Waals surface area contributed by atoms with Gasteiger partial charge in [-0.05, 0) is 31.9 Å². The first kappa shape index (κ1) is 15.7. The Labute approximate surface area is 127 Å². The Bertz CT molecular complexity index is 649. The summed E-state index contributed by atoms with van der Waals surface area (Å²) in [5.74, 6) is -0.304. The molecule has 0 aliphatic rings. The molecule has 0 saturated carbocycles. The second-order valence-corrected chi connectivity index (χ2v) is 5.84. The maximum absolute atomic E-state index is 11.0. The van der Waals surface area contributed by atoms with Gasteiger partial charge in [0.2, 0.25) is 0 Å². The molecule has 0 fully saturated rings. The Morgan fingerprint density at radius 1 is 0.857 bits per heavy atom. The van der Waals surface area contributed by atoms with Crippen LogP contribution in [0.1, 0.15) is 34.3 Å². The molecule has 2 aromatic rings. The standard InChI is InChI=1S/C17H19O3S/c1-12-4-8-15(9-5-12)14(3)17(20-21(18)19)16-10-6-13(2)7-11-16/h4-11,14,17,21H,3H2,1-2H3. The van der Waals surface area contributed by atoms with E-state index in [-0.39, 0.29) is 5.92 Å². The van der Waals surface area contributed by atoms with E-state index in [4.69, 9.17) is 4.18 Å². The maximum atomic E-state index is 11.0. The van der Waals surface area contributed by atoms with Crippen molar-refractivity contribution in [1.82, 2.24) is 0 Å². The molecule has 0 amide bonds. The van der Waals surface area contributed by atoms with Gasteiger partial charge in [-0.25, -0.2) is 8.42 Å². The van der Waals surface area contributed by atoms with E-state index in [9.17, 15) is 8.42 Å². The first-order valence-electron chi connectivity index (χ1n) is 6.75. The third-order valence-electron chi connectivity index (χ3n) is 3.48. The fourth-order valence-corrected chi connectivity index (χ4v) is 2.66. The minimum Gasteiger partial charge on any atom is -0.263 e. The van der Waals surface area contributed by atoms with Gasteiger partial charge in [-0.1, -0.05) is 59.7 Å². The second-order valence-electron chi connectivity index (χ2n) is 5.18. The van der Waals surface area contributed by atoms with Gasteiger partial charge in [0, 0.05) is 5.92 Å². The Kier molecular flexibility index (Phi) is 5.15. The Morgan fingerprint density at radius 3 is 1.71 bits per heavy atom. The molecule has 2 atom stereocenters. The fraction of sp³-hybridized carbons (Fsp3) is 0.235. The highest BCUT2D eigenvalue weighted by Gasteiger charge is 2.23. The van der Waals surface area contributed by atoms with Crippen LogP contribution in [-0.2, 0) is 15.2 Å². The fourth-order valence-electron chi connectivity index (χ4n) is 2.20. The minimum absolute atomic E-state index is 0.304. The number of thiol groups is 1. The molecule has 0 aromatic heterocycles. The lowest BCUT2D eigenvalue weighted by Gasteiger charge is -2.22. The van der Waals surface area contributed by atoms with Gasteiger partial charge in [-0.15, -0.1) is 0 Å². The third kappa shape index (κ3) is 4.16.